The van der Waals surface area contributed by atoms with Crippen molar-refractivity contribution in [2.24, 2.45) is 0 Å². The fraction of sp³-hybridized carbons (Fsp3) is 0.0769. The van der Waals surface area contributed by atoms with Gasteiger partial charge in [-0.3, -0.25) is 0 Å². The molecule has 0 radical (unpaired) electrons. The van der Waals surface area contributed by atoms with Crippen molar-refractivity contribution >= 4 is 11.1 Å². The van der Waals surface area contributed by atoms with Gasteiger partial charge in [-0.05, 0) is 23.8 Å². The van der Waals surface area contributed by atoms with Crippen molar-refractivity contribution in [2.45, 2.75) is 4.90 Å². The van der Waals surface area contributed by atoms with Gasteiger partial charge >= 0.3 is 0 Å². The number of hydrogen-bond donors (Lipinski definition) is 1. The van der Waals surface area contributed by atoms with Crippen molar-refractivity contribution in [1.29, 1.82) is 0 Å². The van der Waals surface area contributed by atoms with Crippen LogP contribution in [0.1, 0.15) is 0 Å². The normalized spacial score (nSPS) is 12.1. The summed E-state index contributed by atoms with van der Waals surface area (Å²) < 4.78 is 25.6. The van der Waals surface area contributed by atoms with E-state index >= 15 is 0 Å². The van der Waals surface area contributed by atoms with E-state index < -0.39 is 11.1 Å². The van der Waals surface area contributed by atoms with Gasteiger partial charge in [0.25, 0.3) is 0 Å². The predicted molar refractivity (Wildman–Crippen MR) is 67.5 cm³/mol. The number of hydrogen-bond acceptors (Lipinski definition) is 2. The highest BCUT2D eigenvalue weighted by molar-refractivity contribution is 7.79. The first-order valence-electron chi connectivity index (χ1n) is 5.06. The molecule has 2 aromatic carbocycles. The quantitative estimate of drug-likeness (QED) is 0.849. The zero-order valence-electron chi connectivity index (χ0n) is 9.29. The number of benzene rings is 2. The predicted octanol–water partition coefficient (Wildman–Crippen LogP) is 2.94. The van der Waals surface area contributed by atoms with Gasteiger partial charge in [-0.15, -0.1) is 0 Å². The lowest BCUT2D eigenvalue weighted by molar-refractivity contribution is 0.415. The van der Waals surface area contributed by atoms with E-state index in [9.17, 15) is 8.76 Å². The molecule has 0 heterocycles. The van der Waals surface area contributed by atoms with Gasteiger partial charge in [0.2, 0.25) is 0 Å². The van der Waals surface area contributed by atoms with Gasteiger partial charge in [-0.1, -0.05) is 30.3 Å². The molecule has 0 amide bonds. The molecule has 0 aromatic heterocycles. The molecule has 0 bridgehead atoms. The molecular weight excluding hydrogens is 236 g/mol. The molecule has 0 fully saturated rings. The van der Waals surface area contributed by atoms with Crippen LogP contribution in [0.15, 0.2) is 53.4 Å². The minimum atomic E-state index is -1.99. The molecule has 1 unspecified atom stereocenters. The van der Waals surface area contributed by atoms with Crippen LogP contribution < -0.4 is 4.74 Å². The van der Waals surface area contributed by atoms with E-state index in [0.29, 0.717) is 4.90 Å². The molecule has 3 nitrogen and oxygen atoms in total. The summed E-state index contributed by atoms with van der Waals surface area (Å²) in [7, 11) is 1.59. The summed E-state index contributed by atoms with van der Waals surface area (Å²) in [5.74, 6) is 0.723. The van der Waals surface area contributed by atoms with Crippen LogP contribution >= 0.6 is 0 Å². The summed E-state index contributed by atoms with van der Waals surface area (Å²) in [5.41, 5.74) is 1.61. The molecule has 0 saturated carbocycles. The number of methoxy groups -OCH3 is 1. The Morgan fingerprint density at radius 3 is 2.59 bits per heavy atom. The first-order valence-corrected chi connectivity index (χ1v) is 6.17. The molecule has 0 aliphatic carbocycles. The van der Waals surface area contributed by atoms with Gasteiger partial charge in [0, 0.05) is 5.56 Å². The zero-order valence-corrected chi connectivity index (χ0v) is 10.1. The summed E-state index contributed by atoms with van der Waals surface area (Å²) in [6.07, 6.45) is 0. The highest BCUT2D eigenvalue weighted by atomic mass is 32.2. The summed E-state index contributed by atoms with van der Waals surface area (Å²) >= 11 is -1.99. The summed E-state index contributed by atoms with van der Waals surface area (Å²) in [4.78, 5) is 0.403. The summed E-state index contributed by atoms with van der Waals surface area (Å²) in [6.45, 7) is 0. The third-order valence-electron chi connectivity index (χ3n) is 2.46. The second-order valence-electron chi connectivity index (χ2n) is 3.48. The van der Waals surface area contributed by atoms with E-state index in [2.05, 4.69) is 0 Å². The van der Waals surface area contributed by atoms with Crippen LogP contribution in [-0.2, 0) is 11.1 Å². The Kier molecular flexibility index (Phi) is 3.56. The van der Waals surface area contributed by atoms with Crippen LogP contribution in [0.4, 0.5) is 0 Å². The highest BCUT2D eigenvalue weighted by Crippen LogP contribution is 2.28. The molecule has 0 aliphatic rings. The van der Waals surface area contributed by atoms with Gasteiger partial charge in [0.15, 0.2) is 11.1 Å². The zero-order chi connectivity index (χ0) is 12.3. The van der Waals surface area contributed by atoms with Gasteiger partial charge in [0.1, 0.15) is 5.75 Å². The lowest BCUT2D eigenvalue weighted by atomic mass is 10.1. The summed E-state index contributed by atoms with van der Waals surface area (Å²) in [5, 5.41) is 0. The molecule has 0 spiro atoms. The Labute approximate surface area is 102 Å². The average Bonchev–Trinajstić information content (AvgIpc) is 2.39. The van der Waals surface area contributed by atoms with Crippen molar-refractivity contribution in [3.8, 4) is 16.9 Å². The Hall–Kier alpha value is -1.65. The van der Waals surface area contributed by atoms with Crippen molar-refractivity contribution in [1.82, 2.24) is 0 Å². The molecule has 4 heteroatoms. The SMILES string of the molecule is COc1cccc(-c2ccccc2S(=O)O)c1. The molecule has 1 N–H and O–H groups in total. The van der Waals surface area contributed by atoms with Crippen molar-refractivity contribution in [3.63, 3.8) is 0 Å². The topological polar surface area (TPSA) is 46.5 Å². The molecule has 2 aromatic rings. The van der Waals surface area contributed by atoms with E-state index in [1.54, 1.807) is 19.2 Å². The van der Waals surface area contributed by atoms with E-state index in [0.717, 1.165) is 16.9 Å². The van der Waals surface area contributed by atoms with Crippen molar-refractivity contribution in [3.05, 3.63) is 48.5 Å². The first kappa shape index (κ1) is 11.8. The molecule has 2 rings (SSSR count). The molecule has 0 saturated heterocycles. The second kappa shape index (κ2) is 5.12. The van der Waals surface area contributed by atoms with Crippen LogP contribution in [0.3, 0.4) is 0 Å². The van der Waals surface area contributed by atoms with Crippen LogP contribution in [0.25, 0.3) is 11.1 Å². The maximum absolute atomic E-state index is 11.2. The maximum atomic E-state index is 11.2. The lowest BCUT2D eigenvalue weighted by Crippen LogP contribution is -1.92. The lowest BCUT2D eigenvalue weighted by Gasteiger charge is -2.07. The number of rotatable bonds is 3. The maximum Gasteiger partial charge on any atom is 0.187 e. The van der Waals surface area contributed by atoms with Gasteiger partial charge < -0.3 is 9.29 Å². The molecular formula is C13H12O3S. The average molecular weight is 248 g/mol. The minimum Gasteiger partial charge on any atom is -0.497 e. The van der Waals surface area contributed by atoms with Crippen molar-refractivity contribution < 1.29 is 13.5 Å². The van der Waals surface area contributed by atoms with Gasteiger partial charge in [0.05, 0.1) is 12.0 Å². The first-order chi connectivity index (χ1) is 8.22. The van der Waals surface area contributed by atoms with E-state index in [-0.39, 0.29) is 0 Å². The van der Waals surface area contributed by atoms with Gasteiger partial charge in [-0.2, -0.15) is 0 Å². The van der Waals surface area contributed by atoms with E-state index in [1.807, 2.05) is 36.4 Å². The molecule has 0 aliphatic heterocycles. The highest BCUT2D eigenvalue weighted by Gasteiger charge is 2.09. The third kappa shape index (κ3) is 2.54. The van der Waals surface area contributed by atoms with Crippen LogP contribution in [0.2, 0.25) is 0 Å². The third-order valence-corrected chi connectivity index (χ3v) is 3.19. The molecule has 1 atom stereocenters. The Morgan fingerprint density at radius 1 is 1.12 bits per heavy atom. The van der Waals surface area contributed by atoms with Crippen molar-refractivity contribution in [2.75, 3.05) is 7.11 Å². The molecule has 88 valence electrons. The Morgan fingerprint density at radius 2 is 1.88 bits per heavy atom. The summed E-state index contributed by atoms with van der Waals surface area (Å²) in [6, 6.07) is 14.5. The minimum absolute atomic E-state index is 0.403. The second-order valence-corrected chi connectivity index (χ2v) is 4.42. The Bertz CT molecular complexity index is 552. The fourth-order valence-corrected chi connectivity index (χ4v) is 2.22. The van der Waals surface area contributed by atoms with Crippen LogP contribution in [0.5, 0.6) is 5.75 Å². The van der Waals surface area contributed by atoms with E-state index in [4.69, 9.17) is 4.74 Å². The standard InChI is InChI=1S/C13H12O3S/c1-16-11-6-4-5-10(9-11)12-7-2-3-8-13(12)17(14)15/h2-9H,1H3,(H,14,15). The van der Waals surface area contributed by atoms with Crippen LogP contribution in [0, 0.1) is 0 Å². The van der Waals surface area contributed by atoms with E-state index in [1.165, 1.54) is 0 Å². The monoisotopic (exact) mass is 248 g/mol. The van der Waals surface area contributed by atoms with Gasteiger partial charge in [-0.25, -0.2) is 4.21 Å². The van der Waals surface area contributed by atoms with Crippen LogP contribution in [-0.4, -0.2) is 15.9 Å². The smallest absolute Gasteiger partial charge is 0.187 e. The largest absolute Gasteiger partial charge is 0.497 e. The number of ether oxygens (including phenoxy) is 1. The molecule has 17 heavy (non-hydrogen) atoms. The fourth-order valence-electron chi connectivity index (χ4n) is 1.65. The Balaban J connectivity index is 2.56.